The minimum absolute atomic E-state index is 0. The van der Waals surface area contributed by atoms with Crippen LogP contribution in [0.25, 0.3) is 0 Å². The third-order valence-corrected chi connectivity index (χ3v) is 3.15. The maximum Gasteiger partial charge on any atom is 4.00 e. The van der Waals surface area contributed by atoms with Gasteiger partial charge in [-0.3, -0.25) is 0 Å². The number of rotatable bonds is 1. The Morgan fingerprint density at radius 2 is 1.90 bits per heavy atom. The summed E-state index contributed by atoms with van der Waals surface area (Å²) in [6.45, 7) is 0. The van der Waals surface area contributed by atoms with Crippen molar-refractivity contribution in [2.24, 2.45) is 5.92 Å². The molecule has 1 aliphatic rings. The number of hydrogen-bond acceptors (Lipinski definition) is 4. The number of thiophene rings is 1. The van der Waals surface area contributed by atoms with Gasteiger partial charge in [0.1, 0.15) is 4.88 Å². The number of esters is 1. The molecule has 0 atom stereocenters. The van der Waals surface area contributed by atoms with Crippen molar-refractivity contribution in [2.75, 3.05) is 12.8 Å². The van der Waals surface area contributed by atoms with Gasteiger partial charge in [-0.05, 0) is 18.9 Å². The van der Waals surface area contributed by atoms with Crippen LogP contribution in [0.15, 0.2) is 6.07 Å². The molecular formula is C11H11Cl4NO2SSn. The number of carbonyl (C=O) groups is 1. The molecule has 1 aromatic heterocycles. The van der Waals surface area contributed by atoms with Crippen molar-refractivity contribution in [3.63, 3.8) is 0 Å². The van der Waals surface area contributed by atoms with Gasteiger partial charge < -0.3 is 60.1 Å². The number of nitrogen functional groups attached to an aromatic ring is 1. The average molecular weight is 482 g/mol. The number of halogens is 4. The van der Waals surface area contributed by atoms with Crippen molar-refractivity contribution in [3.8, 4) is 11.8 Å². The Morgan fingerprint density at radius 1 is 1.35 bits per heavy atom. The number of carbonyl (C=O) groups excluding carboxylic acids is 1. The minimum Gasteiger partial charge on any atom is -1.00 e. The first-order valence-corrected chi connectivity index (χ1v) is 5.51. The van der Waals surface area contributed by atoms with Crippen LogP contribution in [-0.2, 0) is 4.74 Å². The van der Waals surface area contributed by atoms with Gasteiger partial charge >= 0.3 is 29.9 Å². The Labute approximate surface area is 164 Å². The van der Waals surface area contributed by atoms with Crippen LogP contribution >= 0.6 is 11.3 Å². The van der Waals surface area contributed by atoms with Crippen molar-refractivity contribution in [1.29, 1.82) is 0 Å². The zero-order valence-electron chi connectivity index (χ0n) is 10.4. The van der Waals surface area contributed by atoms with Crippen LogP contribution in [0, 0.1) is 17.8 Å². The SMILES string of the molecule is COC(=O)c1sc(C#CC2CC2)cc1N.[Cl-].[Cl-].[Cl-].[Cl-].[Sn+4]. The van der Waals surface area contributed by atoms with E-state index in [4.69, 9.17) is 5.73 Å². The average Bonchev–Trinajstić information content (AvgIpc) is 2.98. The largest absolute Gasteiger partial charge is 4.00 e. The molecule has 0 unspecified atom stereocenters. The van der Waals surface area contributed by atoms with Crippen molar-refractivity contribution in [3.05, 3.63) is 15.8 Å². The fourth-order valence-electron chi connectivity index (χ4n) is 1.12. The summed E-state index contributed by atoms with van der Waals surface area (Å²) in [5, 5.41) is 0. The summed E-state index contributed by atoms with van der Waals surface area (Å²) in [7, 11) is 1.34. The van der Waals surface area contributed by atoms with Crippen LogP contribution in [0.2, 0.25) is 0 Å². The van der Waals surface area contributed by atoms with Gasteiger partial charge in [0.2, 0.25) is 0 Å². The molecular weight excluding hydrogens is 471 g/mol. The van der Waals surface area contributed by atoms with Crippen molar-refractivity contribution < 1.29 is 59.2 Å². The topological polar surface area (TPSA) is 52.3 Å². The zero-order valence-corrected chi connectivity index (χ0v) is 17.1. The number of anilines is 1. The first-order chi connectivity index (χ1) is 7.20. The molecule has 0 bridgehead atoms. The second-order valence-corrected chi connectivity index (χ2v) is 4.48. The molecule has 0 radical (unpaired) electrons. The summed E-state index contributed by atoms with van der Waals surface area (Å²) < 4.78 is 4.61. The number of hydrogen-bond donors (Lipinski definition) is 1. The van der Waals surface area contributed by atoms with E-state index in [1.54, 1.807) is 6.07 Å². The molecule has 1 fully saturated rings. The van der Waals surface area contributed by atoms with Crippen molar-refractivity contribution in [1.82, 2.24) is 0 Å². The summed E-state index contributed by atoms with van der Waals surface area (Å²) in [5.41, 5.74) is 6.13. The van der Waals surface area contributed by atoms with E-state index >= 15 is 0 Å². The predicted molar refractivity (Wildman–Crippen MR) is 65.4 cm³/mol. The van der Waals surface area contributed by atoms with Gasteiger partial charge in [0.15, 0.2) is 0 Å². The summed E-state index contributed by atoms with van der Waals surface area (Å²) in [6.07, 6.45) is 2.38. The quantitative estimate of drug-likeness (QED) is 0.246. The van der Waals surface area contributed by atoms with E-state index in [1.807, 2.05) is 0 Å². The van der Waals surface area contributed by atoms with E-state index in [0.29, 0.717) is 16.5 Å². The van der Waals surface area contributed by atoms with Gasteiger partial charge in [-0.2, -0.15) is 0 Å². The van der Waals surface area contributed by atoms with Gasteiger partial charge in [0.25, 0.3) is 0 Å². The molecule has 20 heavy (non-hydrogen) atoms. The number of nitrogens with two attached hydrogens (primary N) is 1. The number of methoxy groups -OCH3 is 1. The van der Waals surface area contributed by atoms with E-state index in [9.17, 15) is 4.79 Å². The van der Waals surface area contributed by atoms with Crippen molar-refractivity contribution >= 4 is 46.9 Å². The Balaban J connectivity index is -0.000000256. The Hall–Kier alpha value is 0.489. The zero-order chi connectivity index (χ0) is 10.8. The molecule has 1 aliphatic carbocycles. The van der Waals surface area contributed by atoms with Crippen molar-refractivity contribution in [2.45, 2.75) is 12.8 Å². The first kappa shape index (κ1) is 28.6. The maximum atomic E-state index is 11.3. The van der Waals surface area contributed by atoms with Gasteiger partial charge in [-0.1, -0.05) is 11.8 Å². The molecule has 0 aliphatic heterocycles. The van der Waals surface area contributed by atoms with Crippen LogP contribution in [0.4, 0.5) is 5.69 Å². The molecule has 3 nitrogen and oxygen atoms in total. The summed E-state index contributed by atoms with van der Waals surface area (Å²) >= 11 is 1.29. The van der Waals surface area contributed by atoms with Crippen LogP contribution < -0.4 is 55.4 Å². The molecule has 9 heteroatoms. The van der Waals surface area contributed by atoms with Gasteiger partial charge in [0, 0.05) is 5.92 Å². The minimum atomic E-state index is -0.392. The molecule has 2 N–H and O–H groups in total. The monoisotopic (exact) mass is 481 g/mol. The van der Waals surface area contributed by atoms with E-state index in [1.165, 1.54) is 31.3 Å². The van der Waals surface area contributed by atoms with Crippen LogP contribution in [0.1, 0.15) is 27.4 Å². The van der Waals surface area contributed by atoms with E-state index in [2.05, 4.69) is 16.6 Å². The van der Waals surface area contributed by atoms with Crippen LogP contribution in [0.3, 0.4) is 0 Å². The van der Waals surface area contributed by atoms with E-state index < -0.39 is 5.97 Å². The predicted octanol–water partition coefficient (Wildman–Crippen LogP) is -10.5. The van der Waals surface area contributed by atoms with Gasteiger partial charge in [-0.25, -0.2) is 4.79 Å². The summed E-state index contributed by atoms with van der Waals surface area (Å²) in [6, 6.07) is 1.73. The standard InChI is InChI=1S/C11H11NO2S.4ClH.Sn/c1-14-11(13)10-9(12)6-8(15-10)5-4-7-2-3-7;;;;;/h6-7H,2-3,12H2,1H3;4*1H;/q;;;;;+4/p-4. The molecule has 0 saturated heterocycles. The van der Waals surface area contributed by atoms with Gasteiger partial charge in [-0.15, -0.1) is 11.3 Å². The molecule has 1 aromatic rings. The molecule has 0 spiro atoms. The molecule has 1 heterocycles. The fraction of sp³-hybridized carbons (Fsp3) is 0.364. The molecule has 0 aromatic carbocycles. The Bertz CT molecular complexity index is 469. The van der Waals surface area contributed by atoms with E-state index in [-0.39, 0.29) is 73.5 Å². The second kappa shape index (κ2) is 13.2. The smallest absolute Gasteiger partial charge is 1.00 e. The third kappa shape index (κ3) is 8.06. The van der Waals surface area contributed by atoms with Gasteiger partial charge in [0.05, 0.1) is 17.7 Å². The fourth-order valence-corrected chi connectivity index (χ4v) is 1.98. The molecule has 0 amide bonds. The molecule has 2 rings (SSSR count). The third-order valence-electron chi connectivity index (χ3n) is 2.11. The summed E-state index contributed by atoms with van der Waals surface area (Å²) in [5.74, 6) is 6.31. The maximum absolute atomic E-state index is 11.3. The van der Waals surface area contributed by atoms with Crippen LogP contribution in [-0.4, -0.2) is 37.0 Å². The van der Waals surface area contributed by atoms with E-state index in [0.717, 1.165) is 4.88 Å². The van der Waals surface area contributed by atoms with Crippen LogP contribution in [0.5, 0.6) is 0 Å². The first-order valence-electron chi connectivity index (χ1n) is 4.70. The second-order valence-electron chi connectivity index (χ2n) is 3.43. The number of ether oxygens (including phenoxy) is 1. The normalized spacial score (nSPS) is 10.7. The molecule has 110 valence electrons. The Kier molecular flexibility index (Phi) is 18.9. The molecule has 1 saturated carbocycles. The summed E-state index contributed by atoms with van der Waals surface area (Å²) in [4.78, 5) is 12.5. The Morgan fingerprint density at radius 3 is 2.35 bits per heavy atom.